The molecule has 5 nitrogen and oxygen atoms in total. The normalized spacial score (nSPS) is 13.1. The van der Waals surface area contributed by atoms with Crippen molar-refractivity contribution in [2.45, 2.75) is 13.0 Å². The first-order chi connectivity index (χ1) is 6.54. The molecule has 84 valence electrons. The maximum atomic E-state index is 10.6. The van der Waals surface area contributed by atoms with Crippen LogP contribution in [0.3, 0.4) is 0 Å². The third-order valence-corrected chi connectivity index (χ3v) is 1.81. The van der Waals surface area contributed by atoms with Gasteiger partial charge in [-0.2, -0.15) is 0 Å². The van der Waals surface area contributed by atoms with Crippen molar-refractivity contribution >= 4 is 5.91 Å². The van der Waals surface area contributed by atoms with Gasteiger partial charge >= 0.3 is 0 Å². The van der Waals surface area contributed by atoms with Gasteiger partial charge in [-0.25, -0.2) is 0 Å². The Morgan fingerprint density at radius 2 is 2.14 bits per heavy atom. The highest BCUT2D eigenvalue weighted by atomic mass is 16.5. The van der Waals surface area contributed by atoms with Crippen molar-refractivity contribution in [3.05, 3.63) is 0 Å². The average Bonchev–Trinajstić information content (AvgIpc) is 2.09. The van der Waals surface area contributed by atoms with Gasteiger partial charge in [0.25, 0.3) is 0 Å². The van der Waals surface area contributed by atoms with Crippen LogP contribution in [-0.4, -0.2) is 57.2 Å². The van der Waals surface area contributed by atoms with E-state index < -0.39 is 0 Å². The highest BCUT2D eigenvalue weighted by Gasteiger charge is 2.05. The van der Waals surface area contributed by atoms with E-state index in [0.717, 1.165) is 6.54 Å². The second-order valence-electron chi connectivity index (χ2n) is 3.49. The van der Waals surface area contributed by atoms with E-state index in [9.17, 15) is 4.79 Å². The molecule has 0 saturated carbocycles. The highest BCUT2D eigenvalue weighted by molar-refractivity contribution is 5.79. The van der Waals surface area contributed by atoms with Crippen LogP contribution in [0.4, 0.5) is 0 Å². The number of likely N-dealkylation sites (N-methyl/N-ethyl adjacent to an activating group) is 1. The van der Waals surface area contributed by atoms with Crippen LogP contribution in [-0.2, 0) is 9.53 Å². The molecule has 1 unspecified atom stereocenters. The zero-order chi connectivity index (χ0) is 11.0. The van der Waals surface area contributed by atoms with Crippen LogP contribution in [0, 0.1) is 0 Å². The summed E-state index contributed by atoms with van der Waals surface area (Å²) >= 11 is 0. The molecule has 0 radical (unpaired) electrons. The van der Waals surface area contributed by atoms with Crippen molar-refractivity contribution in [1.29, 1.82) is 0 Å². The second kappa shape index (κ2) is 7.73. The number of amides is 1. The van der Waals surface area contributed by atoms with E-state index in [0.29, 0.717) is 19.8 Å². The molecule has 0 fully saturated rings. The number of primary amides is 1. The molecule has 3 N–H and O–H groups in total. The lowest BCUT2D eigenvalue weighted by molar-refractivity contribution is -0.119. The molecule has 0 aromatic carbocycles. The molecule has 0 spiro atoms. The molecule has 14 heavy (non-hydrogen) atoms. The van der Waals surface area contributed by atoms with E-state index in [4.69, 9.17) is 10.5 Å². The topological polar surface area (TPSA) is 67.6 Å². The number of ether oxygens (including phenoxy) is 1. The summed E-state index contributed by atoms with van der Waals surface area (Å²) in [7, 11) is 3.99. The molecule has 0 bridgehead atoms. The Morgan fingerprint density at radius 3 is 2.64 bits per heavy atom. The number of nitrogens with two attached hydrogens (primary N) is 1. The van der Waals surface area contributed by atoms with Gasteiger partial charge in [0, 0.05) is 13.1 Å². The van der Waals surface area contributed by atoms with E-state index in [1.54, 1.807) is 6.92 Å². The van der Waals surface area contributed by atoms with E-state index >= 15 is 0 Å². The SMILES string of the molecule is CC(NCCOCCN(C)C)C(N)=O. The molecule has 1 atom stereocenters. The monoisotopic (exact) mass is 203 g/mol. The lowest BCUT2D eigenvalue weighted by Crippen LogP contribution is -2.40. The lowest BCUT2D eigenvalue weighted by Gasteiger charge is -2.12. The van der Waals surface area contributed by atoms with Crippen LogP contribution < -0.4 is 11.1 Å². The van der Waals surface area contributed by atoms with Gasteiger partial charge in [-0.05, 0) is 21.0 Å². The molecule has 0 heterocycles. The second-order valence-corrected chi connectivity index (χ2v) is 3.49. The maximum absolute atomic E-state index is 10.6. The summed E-state index contributed by atoms with van der Waals surface area (Å²) in [6.07, 6.45) is 0. The van der Waals surface area contributed by atoms with Crippen molar-refractivity contribution in [2.24, 2.45) is 5.73 Å². The summed E-state index contributed by atoms with van der Waals surface area (Å²) in [5.41, 5.74) is 5.07. The Bertz CT molecular complexity index is 162. The van der Waals surface area contributed by atoms with Crippen molar-refractivity contribution in [1.82, 2.24) is 10.2 Å². The smallest absolute Gasteiger partial charge is 0.234 e. The van der Waals surface area contributed by atoms with E-state index in [1.807, 2.05) is 14.1 Å². The van der Waals surface area contributed by atoms with Gasteiger partial charge in [-0.3, -0.25) is 4.79 Å². The summed E-state index contributed by atoms with van der Waals surface area (Å²) in [5.74, 6) is -0.335. The maximum Gasteiger partial charge on any atom is 0.234 e. The highest BCUT2D eigenvalue weighted by Crippen LogP contribution is 1.80. The van der Waals surface area contributed by atoms with Gasteiger partial charge in [0.2, 0.25) is 5.91 Å². The molecule has 0 aliphatic carbocycles. The fourth-order valence-corrected chi connectivity index (χ4v) is 0.797. The Hall–Kier alpha value is -0.650. The quantitative estimate of drug-likeness (QED) is 0.498. The number of carbonyl (C=O) groups is 1. The zero-order valence-electron chi connectivity index (χ0n) is 9.25. The Kier molecular flexibility index (Phi) is 7.37. The minimum absolute atomic E-state index is 0.285. The fraction of sp³-hybridized carbons (Fsp3) is 0.889. The molecular formula is C9H21N3O2. The molecule has 0 aliphatic rings. The van der Waals surface area contributed by atoms with Crippen molar-refractivity contribution in [2.75, 3.05) is 40.4 Å². The molecule has 5 heteroatoms. The van der Waals surface area contributed by atoms with Crippen molar-refractivity contribution in [3.63, 3.8) is 0 Å². The minimum atomic E-state index is -0.335. The molecule has 0 aromatic rings. The van der Waals surface area contributed by atoms with Gasteiger partial charge in [0.15, 0.2) is 0 Å². The Balaban J connectivity index is 3.17. The number of nitrogens with zero attached hydrogens (tertiary/aromatic N) is 1. The minimum Gasteiger partial charge on any atom is -0.379 e. The number of nitrogens with one attached hydrogen (secondary N) is 1. The number of hydrogen-bond donors (Lipinski definition) is 2. The van der Waals surface area contributed by atoms with Crippen LogP contribution in [0.15, 0.2) is 0 Å². The number of hydrogen-bond acceptors (Lipinski definition) is 4. The third-order valence-electron chi connectivity index (χ3n) is 1.81. The number of rotatable bonds is 8. The van der Waals surface area contributed by atoms with E-state index in [1.165, 1.54) is 0 Å². The van der Waals surface area contributed by atoms with E-state index in [2.05, 4.69) is 10.2 Å². The first kappa shape index (κ1) is 13.4. The predicted octanol–water partition coefficient (Wildman–Crippen LogP) is -0.972. The lowest BCUT2D eigenvalue weighted by atomic mass is 10.3. The van der Waals surface area contributed by atoms with Crippen molar-refractivity contribution in [3.8, 4) is 0 Å². The van der Waals surface area contributed by atoms with Crippen LogP contribution >= 0.6 is 0 Å². The first-order valence-electron chi connectivity index (χ1n) is 4.79. The largest absolute Gasteiger partial charge is 0.379 e. The zero-order valence-corrected chi connectivity index (χ0v) is 9.25. The fourth-order valence-electron chi connectivity index (χ4n) is 0.797. The third kappa shape index (κ3) is 7.97. The van der Waals surface area contributed by atoms with Gasteiger partial charge in [-0.1, -0.05) is 0 Å². The van der Waals surface area contributed by atoms with Crippen LogP contribution in [0.5, 0.6) is 0 Å². The average molecular weight is 203 g/mol. The van der Waals surface area contributed by atoms with Gasteiger partial charge in [0.05, 0.1) is 19.3 Å². The van der Waals surface area contributed by atoms with Crippen LogP contribution in [0.25, 0.3) is 0 Å². The van der Waals surface area contributed by atoms with Crippen LogP contribution in [0.2, 0.25) is 0 Å². The Morgan fingerprint density at radius 1 is 1.50 bits per heavy atom. The summed E-state index contributed by atoms with van der Waals surface area (Å²) < 4.78 is 5.32. The predicted molar refractivity (Wildman–Crippen MR) is 56.0 cm³/mol. The molecular weight excluding hydrogens is 182 g/mol. The molecule has 0 saturated heterocycles. The molecule has 0 aromatic heterocycles. The Labute approximate surface area is 85.6 Å². The van der Waals surface area contributed by atoms with E-state index in [-0.39, 0.29) is 11.9 Å². The molecule has 1 amide bonds. The summed E-state index contributed by atoms with van der Waals surface area (Å²) in [4.78, 5) is 12.7. The number of carbonyl (C=O) groups excluding carboxylic acids is 1. The molecule has 0 aliphatic heterocycles. The summed E-state index contributed by atoms with van der Waals surface area (Å²) in [6, 6.07) is -0.285. The molecule has 0 rings (SSSR count). The van der Waals surface area contributed by atoms with Gasteiger partial charge in [-0.15, -0.1) is 0 Å². The standard InChI is InChI=1S/C9H21N3O2/c1-8(9(10)13)11-4-6-14-7-5-12(2)3/h8,11H,4-7H2,1-3H3,(H2,10,13). The van der Waals surface area contributed by atoms with Crippen LogP contribution in [0.1, 0.15) is 6.92 Å². The summed E-state index contributed by atoms with van der Waals surface area (Å²) in [5, 5.41) is 2.96. The van der Waals surface area contributed by atoms with Gasteiger partial charge < -0.3 is 20.7 Å². The summed E-state index contributed by atoms with van der Waals surface area (Å²) in [6.45, 7) is 4.61. The first-order valence-corrected chi connectivity index (χ1v) is 4.79. The van der Waals surface area contributed by atoms with Crippen molar-refractivity contribution < 1.29 is 9.53 Å². The van der Waals surface area contributed by atoms with Gasteiger partial charge in [0.1, 0.15) is 0 Å².